The second-order valence-corrected chi connectivity index (χ2v) is 11.3. The van der Waals surface area contributed by atoms with Crippen molar-refractivity contribution in [1.29, 1.82) is 0 Å². The first-order valence-electron chi connectivity index (χ1n) is 14.0. The molecule has 214 valence electrons. The van der Waals surface area contributed by atoms with E-state index in [9.17, 15) is 9.59 Å². The first-order chi connectivity index (χ1) is 19.4. The third kappa shape index (κ3) is 4.53. The molecule has 3 aromatic carbocycles. The zero-order valence-corrected chi connectivity index (χ0v) is 22.5. The molecule has 0 spiro atoms. The highest BCUT2D eigenvalue weighted by Crippen LogP contribution is 2.48. The minimum absolute atomic E-state index is 0. The van der Waals surface area contributed by atoms with Crippen LogP contribution in [0.25, 0.3) is 27.4 Å². The number of nitrogens with two attached hydrogens (primary N) is 1. The van der Waals surface area contributed by atoms with E-state index in [4.69, 9.17) is 10.5 Å². The molecule has 7 rings (SSSR count). The van der Waals surface area contributed by atoms with Crippen LogP contribution in [-0.4, -0.2) is 60.7 Å². The molecule has 3 aliphatic heterocycles. The molecule has 8 nitrogen and oxygen atoms in total. The summed E-state index contributed by atoms with van der Waals surface area (Å²) in [6, 6.07) is 13.4. The molecular weight excluding hydrogens is 521 g/mol. The molecule has 1 aromatic heterocycles. The molecule has 41 heavy (non-hydrogen) atoms. The Labute approximate surface area is 238 Å². The molecule has 0 radical (unpaired) electrons. The van der Waals surface area contributed by atoms with Crippen molar-refractivity contribution < 1.29 is 13.9 Å². The second kappa shape index (κ2) is 10.5. The Kier molecular flexibility index (Phi) is 6.95. The van der Waals surface area contributed by atoms with Gasteiger partial charge in [0.25, 0.3) is 5.91 Å². The van der Waals surface area contributed by atoms with Gasteiger partial charge in [-0.2, -0.15) is 0 Å². The SMILES string of the molecule is C.CN1CCCC1CCNC(=O)c1cn2c3c(c(N4CC[C@@H](N)C4)c(F)cc3c1=O)Oc1cc3ccccc3cc1-2. The number of hydrogen-bond acceptors (Lipinski definition) is 6. The molecule has 1 unspecified atom stereocenters. The summed E-state index contributed by atoms with van der Waals surface area (Å²) in [6.07, 6.45) is 5.39. The third-order valence-electron chi connectivity index (χ3n) is 8.69. The number of halogens is 1. The van der Waals surface area contributed by atoms with Gasteiger partial charge in [-0.3, -0.25) is 9.59 Å². The van der Waals surface area contributed by atoms with Gasteiger partial charge in [0.15, 0.2) is 17.3 Å². The zero-order chi connectivity index (χ0) is 27.5. The lowest BCUT2D eigenvalue weighted by molar-refractivity contribution is 0.0949. The fourth-order valence-electron chi connectivity index (χ4n) is 6.53. The van der Waals surface area contributed by atoms with E-state index in [0.29, 0.717) is 48.3 Å². The first kappa shape index (κ1) is 27.2. The van der Waals surface area contributed by atoms with Crippen LogP contribution in [0.2, 0.25) is 0 Å². The minimum Gasteiger partial charge on any atom is -0.451 e. The molecule has 2 saturated heterocycles. The Hall–Kier alpha value is -3.95. The van der Waals surface area contributed by atoms with Crippen molar-refractivity contribution in [2.45, 2.75) is 45.2 Å². The van der Waals surface area contributed by atoms with Crippen LogP contribution in [0, 0.1) is 5.82 Å². The fraction of sp³-hybridized carbons (Fsp3) is 0.375. The van der Waals surface area contributed by atoms with Crippen LogP contribution in [0.15, 0.2) is 53.5 Å². The molecule has 2 fully saturated rings. The number of fused-ring (bicyclic) bond motifs is 3. The minimum atomic E-state index is -0.564. The van der Waals surface area contributed by atoms with Crippen molar-refractivity contribution >= 4 is 33.3 Å². The summed E-state index contributed by atoms with van der Waals surface area (Å²) in [5, 5.41) is 5.01. The fourth-order valence-corrected chi connectivity index (χ4v) is 6.53. The number of rotatable bonds is 5. The number of carbonyl (C=O) groups is 1. The maximum absolute atomic E-state index is 15.8. The van der Waals surface area contributed by atoms with Gasteiger partial charge >= 0.3 is 0 Å². The van der Waals surface area contributed by atoms with Crippen molar-refractivity contribution in [2.24, 2.45) is 5.73 Å². The van der Waals surface area contributed by atoms with Crippen molar-refractivity contribution in [2.75, 3.05) is 38.1 Å². The van der Waals surface area contributed by atoms with E-state index < -0.39 is 17.2 Å². The van der Waals surface area contributed by atoms with Crippen LogP contribution in [0.1, 0.15) is 43.5 Å². The summed E-state index contributed by atoms with van der Waals surface area (Å²) >= 11 is 0. The highest BCUT2D eigenvalue weighted by Gasteiger charge is 2.33. The summed E-state index contributed by atoms with van der Waals surface area (Å²) in [4.78, 5) is 31.3. The molecule has 2 atom stereocenters. The number of pyridine rings is 1. The van der Waals surface area contributed by atoms with E-state index in [1.54, 1.807) is 6.20 Å². The standard InChI is InChI=1S/C31H32FN5O3.CH4/c1-35-11-4-7-21(35)8-10-34-31(39)23-17-37-25-13-18-5-2-3-6-19(18)14-26(25)40-30-27(37)22(29(23)38)15-24(32)28(30)36-12-9-20(33)16-36;/h2-3,5-6,13-15,17,20-21H,4,7-12,16,33H2,1H3,(H,34,39);1H4/t20-,21?;/m1./s1. The predicted octanol–water partition coefficient (Wildman–Crippen LogP) is 4.78. The van der Waals surface area contributed by atoms with E-state index in [1.165, 1.54) is 6.07 Å². The van der Waals surface area contributed by atoms with Crippen LogP contribution in [0.3, 0.4) is 0 Å². The lowest BCUT2D eigenvalue weighted by atomic mass is 10.0. The molecule has 0 aliphatic carbocycles. The van der Waals surface area contributed by atoms with Gasteiger partial charge in [-0.05, 0) is 68.2 Å². The molecule has 4 aromatic rings. The van der Waals surface area contributed by atoms with Crippen LogP contribution < -0.4 is 26.1 Å². The number of aromatic nitrogens is 1. The van der Waals surface area contributed by atoms with Gasteiger partial charge in [0, 0.05) is 37.9 Å². The average molecular weight is 558 g/mol. The monoisotopic (exact) mass is 557 g/mol. The summed E-state index contributed by atoms with van der Waals surface area (Å²) in [5.41, 5.74) is 7.06. The number of likely N-dealkylation sites (tertiary alicyclic amines) is 1. The number of nitrogens with one attached hydrogen (secondary N) is 1. The van der Waals surface area contributed by atoms with E-state index >= 15 is 4.39 Å². The molecule has 0 saturated carbocycles. The molecule has 4 heterocycles. The predicted molar refractivity (Wildman–Crippen MR) is 161 cm³/mol. The van der Waals surface area contributed by atoms with Crippen LogP contribution in [-0.2, 0) is 0 Å². The molecule has 9 heteroatoms. The highest BCUT2D eigenvalue weighted by atomic mass is 19.1. The summed E-state index contributed by atoms with van der Waals surface area (Å²) < 4.78 is 24.1. The van der Waals surface area contributed by atoms with E-state index in [-0.39, 0.29) is 30.2 Å². The van der Waals surface area contributed by atoms with Crippen molar-refractivity contribution in [3.05, 3.63) is 70.3 Å². The van der Waals surface area contributed by atoms with Gasteiger partial charge < -0.3 is 30.2 Å². The Morgan fingerprint density at radius 1 is 1.15 bits per heavy atom. The maximum Gasteiger partial charge on any atom is 0.256 e. The Morgan fingerprint density at radius 2 is 1.93 bits per heavy atom. The highest BCUT2D eigenvalue weighted by molar-refractivity contribution is 6.02. The number of amides is 1. The van der Waals surface area contributed by atoms with E-state index in [2.05, 4.69) is 17.3 Å². The lowest BCUT2D eigenvalue weighted by Gasteiger charge is -2.29. The van der Waals surface area contributed by atoms with Gasteiger partial charge in [0.05, 0.1) is 11.1 Å². The van der Waals surface area contributed by atoms with Gasteiger partial charge in [0.2, 0.25) is 5.43 Å². The number of nitrogens with zero attached hydrogens (tertiary/aromatic N) is 3. The summed E-state index contributed by atoms with van der Waals surface area (Å²) in [6.45, 7) is 2.60. The van der Waals surface area contributed by atoms with Crippen molar-refractivity contribution in [1.82, 2.24) is 14.8 Å². The van der Waals surface area contributed by atoms with Gasteiger partial charge in [0.1, 0.15) is 16.8 Å². The topological polar surface area (TPSA) is 92.8 Å². The summed E-state index contributed by atoms with van der Waals surface area (Å²) in [5.74, 6) is -0.213. The quantitative estimate of drug-likeness (QED) is 0.323. The Bertz CT molecular complexity index is 1730. The number of carbonyl (C=O) groups excluding carboxylic acids is 1. The smallest absolute Gasteiger partial charge is 0.256 e. The van der Waals surface area contributed by atoms with Crippen LogP contribution in [0.5, 0.6) is 11.5 Å². The zero-order valence-electron chi connectivity index (χ0n) is 22.5. The number of hydrogen-bond donors (Lipinski definition) is 2. The van der Waals surface area contributed by atoms with Crippen LogP contribution >= 0.6 is 0 Å². The number of anilines is 1. The van der Waals surface area contributed by atoms with E-state index in [0.717, 1.165) is 43.0 Å². The molecule has 3 aliphatic rings. The molecule has 0 bridgehead atoms. The van der Waals surface area contributed by atoms with Crippen molar-refractivity contribution in [3.8, 4) is 17.2 Å². The first-order valence-corrected chi connectivity index (χ1v) is 14.0. The maximum atomic E-state index is 15.8. The van der Waals surface area contributed by atoms with Gasteiger partial charge in [-0.25, -0.2) is 4.39 Å². The summed E-state index contributed by atoms with van der Waals surface area (Å²) in [7, 11) is 2.10. The third-order valence-corrected chi connectivity index (χ3v) is 8.69. The largest absolute Gasteiger partial charge is 0.451 e. The van der Waals surface area contributed by atoms with Crippen LogP contribution in [0.4, 0.5) is 10.1 Å². The lowest BCUT2D eigenvalue weighted by Crippen LogP contribution is -2.34. The van der Waals surface area contributed by atoms with Gasteiger partial charge in [-0.1, -0.05) is 31.7 Å². The molecule has 3 N–H and O–H groups in total. The second-order valence-electron chi connectivity index (χ2n) is 11.3. The molecular formula is C32H36FN5O3. The van der Waals surface area contributed by atoms with Gasteiger partial charge in [-0.15, -0.1) is 0 Å². The Balaban J connectivity index is 0.00000302. The number of benzene rings is 3. The number of ether oxygens (including phenoxy) is 1. The normalized spacial score (nSPS) is 19.7. The van der Waals surface area contributed by atoms with E-state index in [1.807, 2.05) is 45.9 Å². The Morgan fingerprint density at radius 3 is 2.63 bits per heavy atom. The molecule has 1 amide bonds. The average Bonchev–Trinajstić information content (AvgIpc) is 3.56. The van der Waals surface area contributed by atoms with Crippen molar-refractivity contribution in [3.63, 3.8) is 0 Å².